The van der Waals surface area contributed by atoms with Crippen LogP contribution in [0.15, 0.2) is 0 Å². The van der Waals surface area contributed by atoms with Crippen LogP contribution in [0.4, 0.5) is 0 Å². The number of carboxylic acid groups (broad SMARTS) is 1. The molecule has 0 saturated carbocycles. The quantitative estimate of drug-likeness (QED) is 0.747. The van der Waals surface area contributed by atoms with Gasteiger partial charge in [0.25, 0.3) is 0 Å². The molecule has 76 valence electrons. The molecule has 0 aromatic rings. The number of rotatable bonds is 4. The highest BCUT2D eigenvalue weighted by Gasteiger charge is 2.16. The van der Waals surface area contributed by atoms with Gasteiger partial charge in [-0.3, -0.25) is 4.79 Å². The second-order valence-electron chi connectivity index (χ2n) is 3.52. The van der Waals surface area contributed by atoms with E-state index in [1.54, 1.807) is 0 Å². The number of thioether (sulfide) groups is 1. The Morgan fingerprint density at radius 2 is 2.15 bits per heavy atom. The summed E-state index contributed by atoms with van der Waals surface area (Å²) in [5.74, 6) is 0.0874. The smallest absolute Gasteiger partial charge is 0.304 e. The van der Waals surface area contributed by atoms with Crippen LogP contribution in [0.3, 0.4) is 0 Å². The van der Waals surface area contributed by atoms with Gasteiger partial charge in [0.1, 0.15) is 0 Å². The third-order valence-corrected chi connectivity index (χ3v) is 3.72. The molecule has 4 heteroatoms. The molecule has 13 heavy (non-hydrogen) atoms. The van der Waals surface area contributed by atoms with E-state index in [0.717, 1.165) is 18.8 Å². The fourth-order valence-corrected chi connectivity index (χ4v) is 2.63. The van der Waals surface area contributed by atoms with E-state index in [2.05, 4.69) is 11.9 Å². The molecule has 0 amide bonds. The number of likely N-dealkylation sites (tertiary alicyclic amines) is 1. The van der Waals surface area contributed by atoms with Crippen molar-refractivity contribution in [2.24, 2.45) is 0 Å². The van der Waals surface area contributed by atoms with Crippen LogP contribution in [0.2, 0.25) is 0 Å². The molecule has 0 aromatic heterocycles. The number of piperidine rings is 1. The van der Waals surface area contributed by atoms with Crippen molar-refractivity contribution in [1.29, 1.82) is 0 Å². The van der Waals surface area contributed by atoms with Crippen LogP contribution in [-0.2, 0) is 4.79 Å². The van der Waals surface area contributed by atoms with Crippen LogP contribution >= 0.6 is 11.8 Å². The number of carboxylic acids is 1. The van der Waals surface area contributed by atoms with Gasteiger partial charge in [0.2, 0.25) is 0 Å². The lowest BCUT2D eigenvalue weighted by Gasteiger charge is -2.28. The fraction of sp³-hybridized carbons (Fsp3) is 0.889. The number of nitrogens with zero attached hydrogens (tertiary/aromatic N) is 1. The minimum absolute atomic E-state index is 0.303. The first-order chi connectivity index (χ1) is 6.18. The number of aliphatic carboxylic acids is 1. The Morgan fingerprint density at radius 1 is 1.54 bits per heavy atom. The maximum Gasteiger partial charge on any atom is 0.304 e. The van der Waals surface area contributed by atoms with E-state index in [-0.39, 0.29) is 0 Å². The largest absolute Gasteiger partial charge is 0.481 e. The van der Waals surface area contributed by atoms with Crippen molar-refractivity contribution in [2.45, 2.75) is 24.5 Å². The van der Waals surface area contributed by atoms with Gasteiger partial charge in [-0.25, -0.2) is 0 Å². The van der Waals surface area contributed by atoms with Gasteiger partial charge in [0.05, 0.1) is 6.42 Å². The molecule has 0 unspecified atom stereocenters. The number of hydrogen-bond donors (Lipinski definition) is 1. The maximum atomic E-state index is 10.3. The normalized spacial score (nSPS) is 20.4. The predicted molar refractivity (Wildman–Crippen MR) is 55.2 cm³/mol. The number of hydrogen-bond acceptors (Lipinski definition) is 3. The average molecular weight is 203 g/mol. The van der Waals surface area contributed by atoms with Crippen LogP contribution in [0.1, 0.15) is 19.3 Å². The molecule has 0 aliphatic carbocycles. The van der Waals surface area contributed by atoms with Crippen molar-refractivity contribution in [3.8, 4) is 0 Å². The topological polar surface area (TPSA) is 40.5 Å². The summed E-state index contributed by atoms with van der Waals surface area (Å²) in [6.07, 6.45) is 2.72. The molecule has 0 spiro atoms. The van der Waals surface area contributed by atoms with E-state index in [1.807, 2.05) is 11.8 Å². The zero-order valence-corrected chi connectivity index (χ0v) is 8.85. The monoisotopic (exact) mass is 203 g/mol. The molecule has 1 aliphatic rings. The molecule has 1 aliphatic heterocycles. The summed E-state index contributed by atoms with van der Waals surface area (Å²) in [5, 5.41) is 9.15. The Hall–Kier alpha value is -0.220. The van der Waals surface area contributed by atoms with Gasteiger partial charge in [-0.2, -0.15) is 11.8 Å². The average Bonchev–Trinajstić information content (AvgIpc) is 2.08. The van der Waals surface area contributed by atoms with Crippen molar-refractivity contribution < 1.29 is 9.90 Å². The van der Waals surface area contributed by atoms with Crippen LogP contribution in [-0.4, -0.2) is 47.1 Å². The highest BCUT2D eigenvalue weighted by Crippen LogP contribution is 2.22. The van der Waals surface area contributed by atoms with E-state index >= 15 is 0 Å². The molecule has 1 rings (SSSR count). The van der Waals surface area contributed by atoms with Gasteiger partial charge in [0, 0.05) is 11.0 Å². The lowest BCUT2D eigenvalue weighted by atomic mass is 10.1. The van der Waals surface area contributed by atoms with Crippen LogP contribution < -0.4 is 0 Å². The Kier molecular flexibility index (Phi) is 4.59. The zero-order valence-electron chi connectivity index (χ0n) is 8.03. The summed E-state index contributed by atoms with van der Waals surface area (Å²) in [6.45, 7) is 2.31. The van der Waals surface area contributed by atoms with Gasteiger partial charge in [-0.15, -0.1) is 0 Å². The minimum atomic E-state index is -0.680. The third-order valence-electron chi connectivity index (χ3n) is 2.34. The van der Waals surface area contributed by atoms with Crippen molar-refractivity contribution in [1.82, 2.24) is 4.90 Å². The molecular weight excluding hydrogens is 186 g/mol. The van der Waals surface area contributed by atoms with Gasteiger partial charge in [-0.05, 0) is 33.0 Å². The lowest BCUT2D eigenvalue weighted by Crippen LogP contribution is -2.31. The molecule has 1 fully saturated rings. The van der Waals surface area contributed by atoms with Gasteiger partial charge in [0.15, 0.2) is 0 Å². The second kappa shape index (κ2) is 5.50. The van der Waals surface area contributed by atoms with Crippen molar-refractivity contribution >= 4 is 17.7 Å². The molecule has 1 heterocycles. The molecule has 3 nitrogen and oxygen atoms in total. The van der Waals surface area contributed by atoms with E-state index in [1.165, 1.54) is 12.8 Å². The van der Waals surface area contributed by atoms with Gasteiger partial charge >= 0.3 is 5.97 Å². The zero-order chi connectivity index (χ0) is 9.68. The van der Waals surface area contributed by atoms with E-state index in [0.29, 0.717) is 11.7 Å². The SMILES string of the molecule is CN1CCC(SCCC(=O)O)CC1. The summed E-state index contributed by atoms with van der Waals surface area (Å²) in [4.78, 5) is 12.6. The Morgan fingerprint density at radius 3 is 2.69 bits per heavy atom. The van der Waals surface area contributed by atoms with Crippen LogP contribution in [0.5, 0.6) is 0 Å². The summed E-state index contributed by atoms with van der Waals surface area (Å²) in [7, 11) is 2.14. The number of carbonyl (C=O) groups is 1. The second-order valence-corrected chi connectivity index (χ2v) is 4.93. The molecule has 0 bridgehead atoms. The standard InChI is InChI=1S/C9H17NO2S/c1-10-5-2-8(3-6-10)13-7-4-9(11)12/h8H,2-7H2,1H3,(H,11,12). The first-order valence-electron chi connectivity index (χ1n) is 4.70. The Bertz CT molecular complexity index is 167. The van der Waals surface area contributed by atoms with Crippen LogP contribution in [0, 0.1) is 0 Å². The summed E-state index contributed by atoms with van der Waals surface area (Å²) < 4.78 is 0. The molecule has 1 N–H and O–H groups in total. The minimum Gasteiger partial charge on any atom is -0.481 e. The Balaban J connectivity index is 2.05. The molecule has 0 aromatic carbocycles. The highest BCUT2D eigenvalue weighted by atomic mass is 32.2. The first kappa shape index (κ1) is 10.9. The highest BCUT2D eigenvalue weighted by molar-refractivity contribution is 7.99. The maximum absolute atomic E-state index is 10.3. The first-order valence-corrected chi connectivity index (χ1v) is 5.75. The lowest BCUT2D eigenvalue weighted by molar-refractivity contribution is -0.136. The van der Waals surface area contributed by atoms with E-state index < -0.39 is 5.97 Å². The fourth-order valence-electron chi connectivity index (χ4n) is 1.46. The van der Waals surface area contributed by atoms with Gasteiger partial charge < -0.3 is 10.0 Å². The molecule has 1 saturated heterocycles. The van der Waals surface area contributed by atoms with Crippen LogP contribution in [0.25, 0.3) is 0 Å². The van der Waals surface area contributed by atoms with E-state index in [9.17, 15) is 4.79 Å². The van der Waals surface area contributed by atoms with Crippen molar-refractivity contribution in [2.75, 3.05) is 25.9 Å². The summed E-state index contributed by atoms with van der Waals surface area (Å²) in [5.41, 5.74) is 0. The van der Waals surface area contributed by atoms with Crippen molar-refractivity contribution in [3.63, 3.8) is 0 Å². The molecular formula is C9H17NO2S. The molecule has 0 radical (unpaired) electrons. The summed E-state index contributed by atoms with van der Waals surface area (Å²) in [6, 6.07) is 0. The Labute approximate surface area is 83.5 Å². The van der Waals surface area contributed by atoms with Gasteiger partial charge in [-0.1, -0.05) is 0 Å². The van der Waals surface area contributed by atoms with Crippen molar-refractivity contribution in [3.05, 3.63) is 0 Å². The predicted octanol–water partition coefficient (Wildman–Crippen LogP) is 1.29. The van der Waals surface area contributed by atoms with E-state index in [4.69, 9.17) is 5.11 Å². The molecule has 0 atom stereocenters. The summed E-state index contributed by atoms with van der Waals surface area (Å²) >= 11 is 1.82. The third kappa shape index (κ3) is 4.52.